The Kier molecular flexibility index (Phi) is 7.50. The molecule has 2 aromatic carbocycles. The standard InChI is InChI=1S/C23H30N2O4S/c1-3-22(29-20-13-9-17(2)10-14-20)23(26)24-18-11-15-21(16-12-18)30(27,28)25-19-7-5-4-6-8-19/h9-16,19,22,25H,3-8H2,1-2H3,(H,24,26)/t22-/m0/s1. The summed E-state index contributed by atoms with van der Waals surface area (Å²) in [7, 11) is -3.56. The molecule has 2 aromatic rings. The van der Waals surface area contributed by atoms with Crippen LogP contribution in [0.15, 0.2) is 53.4 Å². The maximum atomic E-state index is 12.6. The monoisotopic (exact) mass is 430 g/mol. The lowest BCUT2D eigenvalue weighted by atomic mass is 9.96. The number of sulfonamides is 1. The van der Waals surface area contributed by atoms with Gasteiger partial charge in [0.25, 0.3) is 5.91 Å². The minimum atomic E-state index is -3.56. The van der Waals surface area contributed by atoms with Crippen molar-refractivity contribution in [3.8, 4) is 5.75 Å². The van der Waals surface area contributed by atoms with Gasteiger partial charge < -0.3 is 10.1 Å². The van der Waals surface area contributed by atoms with Gasteiger partial charge in [-0.25, -0.2) is 13.1 Å². The fourth-order valence-electron chi connectivity index (χ4n) is 3.55. The molecule has 0 saturated heterocycles. The number of carbonyl (C=O) groups excluding carboxylic acids is 1. The van der Waals surface area contributed by atoms with Gasteiger partial charge in [-0.15, -0.1) is 0 Å². The molecule has 0 bridgehead atoms. The fourth-order valence-corrected chi connectivity index (χ4v) is 4.86. The SMILES string of the molecule is CC[C@H](Oc1ccc(C)cc1)C(=O)Nc1ccc(S(=O)(=O)NC2CCCCC2)cc1. The first-order valence-electron chi connectivity index (χ1n) is 10.5. The zero-order valence-electron chi connectivity index (χ0n) is 17.6. The number of carbonyl (C=O) groups is 1. The van der Waals surface area contributed by atoms with E-state index in [2.05, 4.69) is 10.0 Å². The summed E-state index contributed by atoms with van der Waals surface area (Å²) in [5, 5.41) is 2.81. The molecule has 0 heterocycles. The zero-order valence-corrected chi connectivity index (χ0v) is 18.4. The summed E-state index contributed by atoms with van der Waals surface area (Å²) >= 11 is 0. The Bertz CT molecular complexity index is 934. The first-order chi connectivity index (χ1) is 14.4. The maximum absolute atomic E-state index is 12.6. The molecule has 3 rings (SSSR count). The topological polar surface area (TPSA) is 84.5 Å². The summed E-state index contributed by atoms with van der Waals surface area (Å²) < 4.78 is 33.8. The first kappa shape index (κ1) is 22.3. The number of hydrogen-bond acceptors (Lipinski definition) is 4. The number of nitrogens with one attached hydrogen (secondary N) is 2. The Hall–Kier alpha value is -2.38. The van der Waals surface area contributed by atoms with Crippen molar-refractivity contribution < 1.29 is 17.9 Å². The zero-order chi connectivity index (χ0) is 21.6. The smallest absolute Gasteiger partial charge is 0.265 e. The molecule has 1 aliphatic carbocycles. The Morgan fingerprint density at radius 1 is 1.03 bits per heavy atom. The highest BCUT2D eigenvalue weighted by molar-refractivity contribution is 7.89. The summed E-state index contributed by atoms with van der Waals surface area (Å²) in [6.07, 6.45) is 4.92. The third kappa shape index (κ3) is 6.06. The predicted octanol–water partition coefficient (Wildman–Crippen LogP) is 4.40. The summed E-state index contributed by atoms with van der Waals surface area (Å²) in [6, 6.07) is 13.8. The normalized spacial score (nSPS) is 16.1. The van der Waals surface area contributed by atoms with Crippen LogP contribution in [0, 0.1) is 6.92 Å². The van der Waals surface area contributed by atoms with E-state index in [9.17, 15) is 13.2 Å². The van der Waals surface area contributed by atoms with Gasteiger partial charge in [0.15, 0.2) is 6.10 Å². The summed E-state index contributed by atoms with van der Waals surface area (Å²) in [5.74, 6) is 0.367. The van der Waals surface area contributed by atoms with Gasteiger partial charge in [-0.3, -0.25) is 4.79 Å². The number of hydrogen-bond donors (Lipinski definition) is 2. The summed E-state index contributed by atoms with van der Waals surface area (Å²) in [4.78, 5) is 12.8. The van der Waals surface area contributed by atoms with Crippen molar-refractivity contribution in [1.82, 2.24) is 4.72 Å². The van der Waals surface area contributed by atoms with Crippen LogP contribution in [0.2, 0.25) is 0 Å². The molecule has 1 aliphatic rings. The molecule has 0 spiro atoms. The minimum Gasteiger partial charge on any atom is -0.481 e. The molecule has 1 amide bonds. The predicted molar refractivity (Wildman–Crippen MR) is 118 cm³/mol. The second-order valence-corrected chi connectivity index (χ2v) is 9.51. The van der Waals surface area contributed by atoms with Crippen LogP contribution in [0.5, 0.6) is 5.75 Å². The van der Waals surface area contributed by atoms with Gasteiger partial charge in [0, 0.05) is 11.7 Å². The molecule has 1 atom stereocenters. The molecule has 0 aromatic heterocycles. The molecule has 2 N–H and O–H groups in total. The van der Waals surface area contributed by atoms with Crippen molar-refractivity contribution in [3.63, 3.8) is 0 Å². The van der Waals surface area contributed by atoms with E-state index in [4.69, 9.17) is 4.74 Å². The highest BCUT2D eigenvalue weighted by Crippen LogP contribution is 2.21. The molecular formula is C23H30N2O4S. The Morgan fingerprint density at radius 2 is 1.67 bits per heavy atom. The molecule has 7 heteroatoms. The van der Waals surface area contributed by atoms with E-state index in [0.717, 1.165) is 31.2 Å². The third-order valence-corrected chi connectivity index (χ3v) is 6.86. The molecule has 162 valence electrons. The van der Waals surface area contributed by atoms with Crippen LogP contribution in [0.25, 0.3) is 0 Å². The van der Waals surface area contributed by atoms with Gasteiger partial charge in [-0.2, -0.15) is 0 Å². The van der Waals surface area contributed by atoms with E-state index in [1.807, 2.05) is 38.1 Å². The van der Waals surface area contributed by atoms with Crippen molar-refractivity contribution in [1.29, 1.82) is 0 Å². The van der Waals surface area contributed by atoms with Crippen LogP contribution in [-0.2, 0) is 14.8 Å². The quantitative estimate of drug-likeness (QED) is 0.650. The highest BCUT2D eigenvalue weighted by atomic mass is 32.2. The molecule has 0 aliphatic heterocycles. The van der Waals surface area contributed by atoms with E-state index in [-0.39, 0.29) is 16.8 Å². The van der Waals surface area contributed by atoms with E-state index >= 15 is 0 Å². The van der Waals surface area contributed by atoms with Crippen molar-refractivity contribution in [2.75, 3.05) is 5.32 Å². The lowest BCUT2D eigenvalue weighted by molar-refractivity contribution is -0.122. The van der Waals surface area contributed by atoms with Crippen LogP contribution in [-0.4, -0.2) is 26.5 Å². The highest BCUT2D eigenvalue weighted by Gasteiger charge is 2.22. The van der Waals surface area contributed by atoms with Gasteiger partial charge >= 0.3 is 0 Å². The van der Waals surface area contributed by atoms with Crippen LogP contribution in [0.4, 0.5) is 5.69 Å². The number of rotatable bonds is 8. The van der Waals surface area contributed by atoms with E-state index in [1.165, 1.54) is 18.6 Å². The molecule has 30 heavy (non-hydrogen) atoms. The van der Waals surface area contributed by atoms with Gasteiger partial charge in [0.1, 0.15) is 5.75 Å². The average molecular weight is 431 g/mol. The minimum absolute atomic E-state index is 0.00682. The number of ether oxygens (including phenoxy) is 1. The number of aryl methyl sites for hydroxylation is 1. The van der Waals surface area contributed by atoms with Crippen molar-refractivity contribution >= 4 is 21.6 Å². The van der Waals surface area contributed by atoms with Gasteiger partial charge in [-0.1, -0.05) is 43.9 Å². The van der Waals surface area contributed by atoms with Gasteiger partial charge in [0.2, 0.25) is 10.0 Å². The Balaban J connectivity index is 1.60. The van der Waals surface area contributed by atoms with Crippen LogP contribution in [0.3, 0.4) is 0 Å². The van der Waals surface area contributed by atoms with Crippen LogP contribution in [0.1, 0.15) is 51.0 Å². The molecule has 1 fully saturated rings. The average Bonchev–Trinajstić information content (AvgIpc) is 2.74. The van der Waals surface area contributed by atoms with Crippen LogP contribution < -0.4 is 14.8 Å². The number of benzene rings is 2. The van der Waals surface area contributed by atoms with Crippen molar-refractivity contribution in [2.24, 2.45) is 0 Å². The molecule has 0 unspecified atom stereocenters. The molecule has 6 nitrogen and oxygen atoms in total. The largest absolute Gasteiger partial charge is 0.481 e. The second-order valence-electron chi connectivity index (χ2n) is 7.80. The Morgan fingerprint density at radius 3 is 2.27 bits per heavy atom. The second kappa shape index (κ2) is 10.1. The number of anilines is 1. The summed E-state index contributed by atoms with van der Waals surface area (Å²) in [5.41, 5.74) is 1.65. The fraction of sp³-hybridized carbons (Fsp3) is 0.435. The number of amides is 1. The van der Waals surface area contributed by atoms with Gasteiger partial charge in [0.05, 0.1) is 4.90 Å². The molecular weight excluding hydrogens is 400 g/mol. The van der Waals surface area contributed by atoms with Crippen molar-refractivity contribution in [3.05, 3.63) is 54.1 Å². The lowest BCUT2D eigenvalue weighted by Crippen LogP contribution is -2.36. The lowest BCUT2D eigenvalue weighted by Gasteiger charge is -2.22. The van der Waals surface area contributed by atoms with Gasteiger partial charge in [-0.05, 0) is 62.6 Å². The molecule has 1 saturated carbocycles. The maximum Gasteiger partial charge on any atom is 0.265 e. The first-order valence-corrected chi connectivity index (χ1v) is 12.0. The third-order valence-electron chi connectivity index (χ3n) is 5.32. The van der Waals surface area contributed by atoms with E-state index in [0.29, 0.717) is 17.9 Å². The Labute approximate surface area is 179 Å². The molecule has 0 radical (unpaired) electrons. The summed E-state index contributed by atoms with van der Waals surface area (Å²) in [6.45, 7) is 3.87. The van der Waals surface area contributed by atoms with E-state index in [1.54, 1.807) is 12.1 Å². The van der Waals surface area contributed by atoms with Crippen molar-refractivity contribution in [2.45, 2.75) is 69.4 Å². The van der Waals surface area contributed by atoms with E-state index < -0.39 is 16.1 Å². The van der Waals surface area contributed by atoms with Crippen LogP contribution >= 0.6 is 0 Å².